The minimum absolute atomic E-state index is 0.620. The average Bonchev–Trinajstić information content (AvgIpc) is 2.84. The van der Waals surface area contributed by atoms with Gasteiger partial charge in [-0.2, -0.15) is 0 Å². The van der Waals surface area contributed by atoms with Crippen molar-refractivity contribution in [3.8, 4) is 0 Å². The van der Waals surface area contributed by atoms with Crippen molar-refractivity contribution in [2.75, 3.05) is 0 Å². The van der Waals surface area contributed by atoms with Gasteiger partial charge in [-0.3, -0.25) is 0 Å². The smallest absolute Gasteiger partial charge is 0.0654 e. The Kier molecular flexibility index (Phi) is 29.1. The molecule has 0 aromatic rings. The van der Waals surface area contributed by atoms with Crippen LogP contribution in [0.3, 0.4) is 0 Å². The van der Waals surface area contributed by atoms with Crippen molar-refractivity contribution in [2.45, 2.75) is 204 Å². The summed E-state index contributed by atoms with van der Waals surface area (Å²) in [5.41, 5.74) is 0. The van der Waals surface area contributed by atoms with Crippen LogP contribution in [0.15, 0.2) is 0 Å². The van der Waals surface area contributed by atoms with Gasteiger partial charge >= 0.3 is 173 Å². The summed E-state index contributed by atoms with van der Waals surface area (Å²) in [6, 6.07) is 0. The van der Waals surface area contributed by atoms with Crippen molar-refractivity contribution in [1.82, 2.24) is 0 Å². The van der Waals surface area contributed by atoms with Crippen LogP contribution in [0.5, 0.6) is 0 Å². The van der Waals surface area contributed by atoms with Crippen LogP contribution in [0.2, 0.25) is 10.4 Å². The Hall–Kier alpha value is 0.318. The molecule has 35 heavy (non-hydrogen) atoms. The number of hydrogen-bond donors (Lipinski definition) is 1. The monoisotopic (exact) mass is 558 g/mol. The van der Waals surface area contributed by atoms with E-state index in [0.29, 0.717) is 10.4 Å². The normalized spacial score (nSPS) is 12.0. The van der Waals surface area contributed by atoms with Crippen molar-refractivity contribution in [3.63, 3.8) is 0 Å². The molecule has 0 aromatic carbocycles. The molecule has 0 heterocycles. The summed E-state index contributed by atoms with van der Waals surface area (Å²) in [6.07, 6.45) is 37.5. The predicted molar refractivity (Wildman–Crippen MR) is 159 cm³/mol. The van der Waals surface area contributed by atoms with Crippen LogP contribution in [0.1, 0.15) is 194 Å². The molecule has 0 fully saturated rings. The van der Waals surface area contributed by atoms with Gasteiger partial charge in [0, 0.05) is 0 Å². The molecule has 0 saturated carbocycles. The Bertz CT molecular complexity index is 401. The third-order valence-corrected chi connectivity index (χ3v) is 12.0. The molecule has 0 atom stereocenters. The van der Waals surface area contributed by atoms with Crippen LogP contribution in [0, 0.1) is 0 Å². The van der Waals surface area contributed by atoms with E-state index in [1.807, 2.05) is 0 Å². The summed E-state index contributed by atoms with van der Waals surface area (Å²) in [6.45, 7) is 4.57. The minimum atomic E-state index is -3.51. The van der Waals surface area contributed by atoms with E-state index in [1.165, 1.54) is 154 Å². The van der Waals surface area contributed by atoms with Crippen molar-refractivity contribution in [3.05, 3.63) is 0 Å². The van der Waals surface area contributed by atoms with Crippen LogP contribution in [0.25, 0.3) is 0 Å². The Morgan fingerprint density at radius 3 is 0.714 bits per heavy atom. The molecule has 1 N–H and O–H groups in total. The van der Waals surface area contributed by atoms with Gasteiger partial charge in [-0.25, -0.2) is 0 Å². The quantitative estimate of drug-likeness (QED) is 0.0703. The molecule has 0 radical (unpaired) electrons. The molecule has 0 aromatic heterocycles. The molecule has 2 nitrogen and oxygen atoms in total. The topological polar surface area (TPSA) is 37.3 Å². The van der Waals surface area contributed by atoms with E-state index in [-0.39, 0.29) is 0 Å². The summed E-state index contributed by atoms with van der Waals surface area (Å²) in [5, 5.41) is 1.24. The zero-order chi connectivity index (χ0) is 25.7. The van der Waals surface area contributed by atoms with E-state index in [1.54, 1.807) is 0 Å². The molecular formula is C32H67AsO2. The first kappa shape index (κ1) is 35.3. The van der Waals surface area contributed by atoms with Gasteiger partial charge in [0.05, 0.1) is 0 Å². The second-order valence-corrected chi connectivity index (χ2v) is 16.9. The van der Waals surface area contributed by atoms with E-state index >= 15 is 0 Å². The van der Waals surface area contributed by atoms with Gasteiger partial charge in [-0.05, 0) is 0 Å². The predicted octanol–water partition coefficient (Wildman–Crippen LogP) is 11.8. The van der Waals surface area contributed by atoms with Crippen LogP contribution in [-0.2, 0) is 3.74 Å². The average molecular weight is 559 g/mol. The fraction of sp³-hybridized carbons (Fsp3) is 1.00. The Morgan fingerprint density at radius 1 is 0.343 bits per heavy atom. The van der Waals surface area contributed by atoms with Gasteiger partial charge in [0.2, 0.25) is 0 Å². The fourth-order valence-corrected chi connectivity index (χ4v) is 8.70. The number of hydrogen-bond acceptors (Lipinski definition) is 1. The van der Waals surface area contributed by atoms with E-state index in [0.717, 1.165) is 25.7 Å². The molecule has 0 bridgehead atoms. The number of unbranched alkanes of at least 4 members (excludes halogenated alkanes) is 26. The second-order valence-electron chi connectivity index (χ2n) is 11.5. The van der Waals surface area contributed by atoms with Gasteiger partial charge in [0.25, 0.3) is 0 Å². The maximum atomic E-state index is 12.5. The molecule has 0 rings (SSSR count). The summed E-state index contributed by atoms with van der Waals surface area (Å²) < 4.78 is 22.8. The van der Waals surface area contributed by atoms with E-state index in [4.69, 9.17) is 0 Å². The zero-order valence-electron chi connectivity index (χ0n) is 24.5. The third-order valence-electron chi connectivity index (χ3n) is 7.72. The summed E-state index contributed by atoms with van der Waals surface area (Å²) in [5.74, 6) is 0. The van der Waals surface area contributed by atoms with Gasteiger partial charge in [0.15, 0.2) is 0 Å². The van der Waals surface area contributed by atoms with Crippen molar-refractivity contribution < 1.29 is 7.84 Å². The second kappa shape index (κ2) is 28.9. The Balaban J connectivity index is 3.28. The summed E-state index contributed by atoms with van der Waals surface area (Å²) in [7, 11) is 0. The van der Waals surface area contributed by atoms with Crippen LogP contribution >= 0.6 is 0 Å². The molecular weight excluding hydrogens is 491 g/mol. The molecule has 0 aliphatic rings. The Labute approximate surface area is 225 Å². The first-order chi connectivity index (χ1) is 17.1. The van der Waals surface area contributed by atoms with Crippen LogP contribution in [-0.4, -0.2) is 17.9 Å². The Morgan fingerprint density at radius 2 is 0.514 bits per heavy atom. The van der Waals surface area contributed by atoms with Gasteiger partial charge in [0.1, 0.15) is 0 Å². The maximum absolute atomic E-state index is 12.5. The zero-order valence-corrected chi connectivity index (χ0v) is 26.4. The van der Waals surface area contributed by atoms with Crippen LogP contribution < -0.4 is 0 Å². The molecule has 0 saturated heterocycles. The van der Waals surface area contributed by atoms with Crippen molar-refractivity contribution in [2.24, 2.45) is 0 Å². The van der Waals surface area contributed by atoms with Gasteiger partial charge in [-0.1, -0.05) is 52.4 Å². The molecule has 0 spiro atoms. The third kappa shape index (κ3) is 30.4. The van der Waals surface area contributed by atoms with Gasteiger partial charge in [-0.15, -0.1) is 0 Å². The standard InChI is InChI=1S/C32H67AsO2/c1-3-5-7-9-11-13-15-17-19-21-23-25-27-29-31-33(34,35)32-30-28-26-24-22-20-18-16-14-12-10-8-6-4-2/h3-32H2,1-2H3,(H,34,35). The van der Waals surface area contributed by atoms with Crippen LogP contribution in [0.4, 0.5) is 0 Å². The first-order valence-corrected chi connectivity index (χ1v) is 20.7. The molecule has 0 amide bonds. The SMILES string of the molecule is CCCCCCCCCCCCCCCC[As](=O)(O)CCCCCCCCCCCCCCCC. The summed E-state index contributed by atoms with van der Waals surface area (Å²) >= 11 is -3.51. The molecule has 0 aliphatic carbocycles. The van der Waals surface area contributed by atoms with Crippen molar-refractivity contribution >= 4 is 13.8 Å². The van der Waals surface area contributed by atoms with E-state index < -0.39 is 13.8 Å². The molecule has 0 unspecified atom stereocenters. The first-order valence-electron chi connectivity index (χ1n) is 16.4. The fourth-order valence-electron chi connectivity index (χ4n) is 5.22. The minimum Gasteiger partial charge on any atom is -0.0654 e. The molecule has 0 aliphatic heterocycles. The van der Waals surface area contributed by atoms with E-state index in [9.17, 15) is 7.84 Å². The van der Waals surface area contributed by atoms with Crippen molar-refractivity contribution in [1.29, 1.82) is 0 Å². The van der Waals surface area contributed by atoms with E-state index in [2.05, 4.69) is 13.8 Å². The van der Waals surface area contributed by atoms with Gasteiger partial charge < -0.3 is 0 Å². The molecule has 212 valence electrons. The number of rotatable bonds is 30. The summed E-state index contributed by atoms with van der Waals surface area (Å²) in [4.78, 5) is 0. The molecule has 3 heteroatoms.